The summed E-state index contributed by atoms with van der Waals surface area (Å²) in [4.78, 5) is 24.4. The Kier molecular flexibility index (Phi) is 5.45. The Balaban J connectivity index is 2.43. The third kappa shape index (κ3) is 4.15. The lowest BCUT2D eigenvalue weighted by Gasteiger charge is -2.28. The van der Waals surface area contributed by atoms with Crippen molar-refractivity contribution in [1.29, 1.82) is 0 Å². The van der Waals surface area contributed by atoms with Gasteiger partial charge in [-0.15, -0.1) is 0 Å². The first-order valence-electron chi connectivity index (χ1n) is 8.41. The average Bonchev–Trinajstić information content (AvgIpc) is 2.86. The number of aromatic nitrogens is 2. The molecule has 0 bridgehead atoms. The van der Waals surface area contributed by atoms with Crippen molar-refractivity contribution in [3.8, 4) is 0 Å². The van der Waals surface area contributed by atoms with E-state index in [1.165, 1.54) is 12.1 Å². The van der Waals surface area contributed by atoms with Crippen molar-refractivity contribution in [3.05, 3.63) is 29.7 Å². The van der Waals surface area contributed by atoms with E-state index in [4.69, 9.17) is 5.73 Å². The minimum Gasteiger partial charge on any atom is -0.368 e. The Morgan fingerprint density at radius 1 is 1.36 bits per heavy atom. The molecule has 3 N–H and O–H groups in total. The maximum absolute atomic E-state index is 13.7. The fourth-order valence-electron chi connectivity index (χ4n) is 2.71. The molecule has 1 atom stereocenters. The molecule has 136 valence electrons. The van der Waals surface area contributed by atoms with Crippen LogP contribution in [0.15, 0.2) is 18.2 Å². The highest BCUT2D eigenvalue weighted by molar-refractivity contribution is 6.06. The number of fused-ring (bicyclic) bond motifs is 1. The van der Waals surface area contributed by atoms with Gasteiger partial charge in [-0.25, -0.2) is 4.39 Å². The van der Waals surface area contributed by atoms with Crippen molar-refractivity contribution in [2.24, 2.45) is 11.1 Å². The molecule has 0 spiro atoms. The minimum absolute atomic E-state index is 0.0982. The van der Waals surface area contributed by atoms with Gasteiger partial charge in [0.1, 0.15) is 11.9 Å². The lowest BCUT2D eigenvalue weighted by Crippen LogP contribution is -2.52. The zero-order chi connectivity index (χ0) is 18.8. The Morgan fingerprint density at radius 3 is 2.60 bits per heavy atom. The Labute approximate surface area is 146 Å². The first kappa shape index (κ1) is 18.9. The lowest BCUT2D eigenvalue weighted by atomic mass is 9.86. The summed E-state index contributed by atoms with van der Waals surface area (Å²) in [6, 6.07) is 3.38. The Hall–Kier alpha value is -2.44. The largest absolute Gasteiger partial charge is 0.368 e. The van der Waals surface area contributed by atoms with Gasteiger partial charge in [-0.1, -0.05) is 34.1 Å². The topological polar surface area (TPSA) is 90.0 Å². The van der Waals surface area contributed by atoms with Crippen LogP contribution in [0.3, 0.4) is 0 Å². The number of rotatable bonds is 6. The van der Waals surface area contributed by atoms with Crippen LogP contribution in [0.1, 0.15) is 51.0 Å². The molecule has 0 fully saturated rings. The van der Waals surface area contributed by atoms with E-state index in [0.29, 0.717) is 17.4 Å². The smallest absolute Gasteiger partial charge is 0.273 e. The molecular weight excluding hydrogens is 323 g/mol. The molecule has 0 aliphatic carbocycles. The van der Waals surface area contributed by atoms with Gasteiger partial charge in [-0.3, -0.25) is 14.3 Å². The summed E-state index contributed by atoms with van der Waals surface area (Å²) in [5.74, 6) is -1.61. The van der Waals surface area contributed by atoms with E-state index in [2.05, 4.69) is 17.3 Å². The summed E-state index contributed by atoms with van der Waals surface area (Å²) in [5, 5.41) is 7.41. The second-order valence-electron chi connectivity index (χ2n) is 7.26. The van der Waals surface area contributed by atoms with Crippen LogP contribution in [-0.2, 0) is 11.3 Å². The van der Waals surface area contributed by atoms with Gasteiger partial charge < -0.3 is 11.1 Å². The predicted molar refractivity (Wildman–Crippen MR) is 94.5 cm³/mol. The maximum Gasteiger partial charge on any atom is 0.273 e. The van der Waals surface area contributed by atoms with Gasteiger partial charge >= 0.3 is 0 Å². The molecule has 0 aliphatic heterocycles. The summed E-state index contributed by atoms with van der Waals surface area (Å²) < 4.78 is 15.4. The van der Waals surface area contributed by atoms with Crippen LogP contribution >= 0.6 is 0 Å². The highest BCUT2D eigenvalue weighted by Crippen LogP contribution is 2.23. The van der Waals surface area contributed by atoms with Crippen molar-refractivity contribution in [3.63, 3.8) is 0 Å². The number of benzene rings is 1. The van der Waals surface area contributed by atoms with E-state index in [-0.39, 0.29) is 5.69 Å². The van der Waals surface area contributed by atoms with Crippen molar-refractivity contribution in [1.82, 2.24) is 15.1 Å². The van der Waals surface area contributed by atoms with E-state index in [1.807, 2.05) is 0 Å². The van der Waals surface area contributed by atoms with Gasteiger partial charge in [0.05, 0.1) is 5.52 Å². The summed E-state index contributed by atoms with van der Waals surface area (Å²) in [6.07, 6.45) is 1.86. The van der Waals surface area contributed by atoms with E-state index >= 15 is 0 Å². The predicted octanol–water partition coefficient (Wildman–Crippen LogP) is 2.61. The molecule has 0 radical (unpaired) electrons. The van der Waals surface area contributed by atoms with E-state index < -0.39 is 29.1 Å². The normalized spacial score (nSPS) is 13.0. The molecule has 6 nitrogen and oxygen atoms in total. The number of unbranched alkanes of at least 4 members (excludes halogenated alkanes) is 1. The van der Waals surface area contributed by atoms with Crippen LogP contribution < -0.4 is 11.1 Å². The highest BCUT2D eigenvalue weighted by Gasteiger charge is 2.32. The van der Waals surface area contributed by atoms with Crippen molar-refractivity contribution in [2.45, 2.75) is 53.1 Å². The molecular formula is C18H25FN4O2. The summed E-state index contributed by atoms with van der Waals surface area (Å²) >= 11 is 0. The van der Waals surface area contributed by atoms with Crippen molar-refractivity contribution in [2.75, 3.05) is 0 Å². The number of aryl methyl sites for hydroxylation is 1. The molecule has 1 aromatic carbocycles. The number of primary amides is 1. The number of nitrogens with two attached hydrogens (primary N) is 1. The van der Waals surface area contributed by atoms with Gasteiger partial charge in [-0.05, 0) is 30.0 Å². The van der Waals surface area contributed by atoms with Crippen LogP contribution in [0.4, 0.5) is 4.39 Å². The maximum atomic E-state index is 13.7. The SMILES string of the molecule is CCCCn1nc(C(=O)NC(C(N)=O)C(C)(C)C)c2cc(F)ccc21. The third-order valence-electron chi connectivity index (χ3n) is 4.08. The monoisotopic (exact) mass is 348 g/mol. The summed E-state index contributed by atoms with van der Waals surface area (Å²) in [7, 11) is 0. The van der Waals surface area contributed by atoms with Crippen LogP contribution in [0.5, 0.6) is 0 Å². The number of nitrogens with one attached hydrogen (secondary N) is 1. The molecule has 1 heterocycles. The number of halogens is 1. The van der Waals surface area contributed by atoms with Gasteiger partial charge in [-0.2, -0.15) is 5.10 Å². The fourth-order valence-corrected chi connectivity index (χ4v) is 2.71. The van der Waals surface area contributed by atoms with Crippen LogP contribution in [0.25, 0.3) is 10.9 Å². The molecule has 0 aliphatic rings. The van der Waals surface area contributed by atoms with E-state index in [1.54, 1.807) is 31.5 Å². The number of hydrogen-bond donors (Lipinski definition) is 2. The van der Waals surface area contributed by atoms with Gasteiger partial charge in [0, 0.05) is 11.9 Å². The van der Waals surface area contributed by atoms with Gasteiger partial charge in [0.2, 0.25) is 5.91 Å². The first-order chi connectivity index (χ1) is 11.6. The average molecular weight is 348 g/mol. The molecule has 25 heavy (non-hydrogen) atoms. The molecule has 7 heteroatoms. The third-order valence-corrected chi connectivity index (χ3v) is 4.08. The van der Waals surface area contributed by atoms with Crippen LogP contribution in [-0.4, -0.2) is 27.6 Å². The Morgan fingerprint density at radius 2 is 2.04 bits per heavy atom. The Bertz CT molecular complexity index is 792. The van der Waals surface area contributed by atoms with Gasteiger partial charge in [0.15, 0.2) is 5.69 Å². The van der Waals surface area contributed by atoms with Gasteiger partial charge in [0.25, 0.3) is 5.91 Å². The standard InChI is InChI=1S/C18H25FN4O2/c1-5-6-9-23-13-8-7-11(19)10-12(13)14(22-23)17(25)21-15(16(20)24)18(2,3)4/h7-8,10,15H,5-6,9H2,1-4H3,(H2,20,24)(H,21,25). The molecule has 2 rings (SSSR count). The molecule has 0 saturated carbocycles. The molecule has 2 amide bonds. The van der Waals surface area contributed by atoms with Crippen LogP contribution in [0, 0.1) is 11.2 Å². The van der Waals surface area contributed by atoms with Crippen LogP contribution in [0.2, 0.25) is 0 Å². The zero-order valence-electron chi connectivity index (χ0n) is 15.1. The minimum atomic E-state index is -0.857. The second kappa shape index (κ2) is 7.21. The second-order valence-corrected chi connectivity index (χ2v) is 7.26. The lowest BCUT2D eigenvalue weighted by molar-refractivity contribution is -0.122. The molecule has 0 saturated heterocycles. The van der Waals surface area contributed by atoms with Crippen molar-refractivity contribution >= 4 is 22.7 Å². The van der Waals surface area contributed by atoms with Crippen molar-refractivity contribution < 1.29 is 14.0 Å². The zero-order valence-corrected chi connectivity index (χ0v) is 15.1. The number of amides is 2. The molecule has 2 aromatic rings. The number of nitrogens with zero attached hydrogens (tertiary/aromatic N) is 2. The van der Waals surface area contributed by atoms with E-state index in [9.17, 15) is 14.0 Å². The highest BCUT2D eigenvalue weighted by atomic mass is 19.1. The molecule has 1 unspecified atom stereocenters. The summed E-state index contributed by atoms with van der Waals surface area (Å²) in [5.41, 5.74) is 5.65. The molecule has 1 aromatic heterocycles. The number of carbonyl (C=O) groups is 2. The summed E-state index contributed by atoms with van der Waals surface area (Å²) in [6.45, 7) is 8.10. The fraction of sp³-hybridized carbons (Fsp3) is 0.500. The quantitative estimate of drug-likeness (QED) is 0.841. The number of carbonyl (C=O) groups excluding carboxylic acids is 2. The number of hydrogen-bond acceptors (Lipinski definition) is 3. The van der Waals surface area contributed by atoms with E-state index in [0.717, 1.165) is 12.8 Å². The first-order valence-corrected chi connectivity index (χ1v) is 8.41.